The number of ether oxygens (including phenoxy) is 1. The SMILES string of the molecule is O=C1NC(CCc2ccsc2)OC1=O. The summed E-state index contributed by atoms with van der Waals surface area (Å²) >= 11 is 1.63. The van der Waals surface area contributed by atoms with Crippen LogP contribution in [0.2, 0.25) is 0 Å². The average molecular weight is 211 g/mol. The number of hydrogen-bond acceptors (Lipinski definition) is 4. The van der Waals surface area contributed by atoms with Crippen LogP contribution in [0, 0.1) is 0 Å². The molecule has 1 N–H and O–H groups in total. The summed E-state index contributed by atoms with van der Waals surface area (Å²) in [5.41, 5.74) is 1.20. The molecular weight excluding hydrogens is 202 g/mol. The Labute approximate surface area is 84.9 Å². The number of amides is 1. The second kappa shape index (κ2) is 3.79. The first-order valence-electron chi connectivity index (χ1n) is 4.28. The maximum atomic E-state index is 10.8. The fraction of sp³-hybridized carbons (Fsp3) is 0.333. The maximum absolute atomic E-state index is 10.8. The van der Waals surface area contributed by atoms with E-state index in [1.54, 1.807) is 11.3 Å². The number of carbonyl (C=O) groups excluding carboxylic acids is 2. The third-order valence-electron chi connectivity index (χ3n) is 2.00. The van der Waals surface area contributed by atoms with Gasteiger partial charge in [-0.25, -0.2) is 4.79 Å². The molecule has 0 saturated carbocycles. The van der Waals surface area contributed by atoms with E-state index in [4.69, 9.17) is 4.74 Å². The number of cyclic esters (lactones) is 1. The topological polar surface area (TPSA) is 55.4 Å². The van der Waals surface area contributed by atoms with Crippen LogP contribution in [0.5, 0.6) is 0 Å². The summed E-state index contributed by atoms with van der Waals surface area (Å²) in [4.78, 5) is 21.5. The molecule has 2 heterocycles. The van der Waals surface area contributed by atoms with Crippen LogP contribution < -0.4 is 5.32 Å². The predicted molar refractivity (Wildman–Crippen MR) is 50.7 cm³/mol. The minimum absolute atomic E-state index is 0.449. The van der Waals surface area contributed by atoms with Crippen LogP contribution in [0.15, 0.2) is 16.8 Å². The summed E-state index contributed by atoms with van der Waals surface area (Å²) in [6.45, 7) is 0. The molecule has 0 aromatic carbocycles. The minimum Gasteiger partial charge on any atom is -0.435 e. The third-order valence-corrected chi connectivity index (χ3v) is 2.73. The zero-order chi connectivity index (χ0) is 9.97. The molecule has 4 nitrogen and oxygen atoms in total. The van der Waals surface area contributed by atoms with Crippen molar-refractivity contribution in [1.29, 1.82) is 0 Å². The van der Waals surface area contributed by atoms with E-state index in [1.807, 2.05) is 16.8 Å². The van der Waals surface area contributed by atoms with Crippen LogP contribution in [0.1, 0.15) is 12.0 Å². The minimum atomic E-state index is -0.777. The normalized spacial score (nSPS) is 20.7. The average Bonchev–Trinajstić information content (AvgIpc) is 2.74. The Bertz CT molecular complexity index is 331. The van der Waals surface area contributed by atoms with E-state index in [-0.39, 0.29) is 0 Å². The Balaban J connectivity index is 1.83. The molecule has 14 heavy (non-hydrogen) atoms. The molecule has 0 bridgehead atoms. The summed E-state index contributed by atoms with van der Waals surface area (Å²) in [6.07, 6.45) is 0.991. The van der Waals surface area contributed by atoms with E-state index in [1.165, 1.54) is 5.56 Å². The first-order chi connectivity index (χ1) is 6.75. The zero-order valence-corrected chi connectivity index (χ0v) is 8.17. The van der Waals surface area contributed by atoms with Gasteiger partial charge in [0.2, 0.25) is 0 Å². The Hall–Kier alpha value is -1.36. The number of aryl methyl sites for hydroxylation is 1. The van der Waals surface area contributed by atoms with E-state index in [9.17, 15) is 9.59 Å². The summed E-state index contributed by atoms with van der Waals surface area (Å²) in [5, 5.41) is 6.49. The Morgan fingerprint density at radius 3 is 2.93 bits per heavy atom. The van der Waals surface area contributed by atoms with Gasteiger partial charge in [-0.2, -0.15) is 11.3 Å². The van der Waals surface area contributed by atoms with Gasteiger partial charge in [0.1, 0.15) is 0 Å². The number of nitrogens with one attached hydrogen (secondary N) is 1. The van der Waals surface area contributed by atoms with Gasteiger partial charge in [0.05, 0.1) is 0 Å². The highest BCUT2D eigenvalue weighted by Crippen LogP contribution is 2.12. The van der Waals surface area contributed by atoms with Crippen LogP contribution in [-0.2, 0) is 20.7 Å². The summed E-state index contributed by atoms with van der Waals surface area (Å²) < 4.78 is 4.78. The van der Waals surface area contributed by atoms with Gasteiger partial charge in [0.15, 0.2) is 6.23 Å². The third kappa shape index (κ3) is 1.93. The van der Waals surface area contributed by atoms with Gasteiger partial charge >= 0.3 is 11.9 Å². The fourth-order valence-corrected chi connectivity index (χ4v) is 1.98. The summed E-state index contributed by atoms with van der Waals surface area (Å²) in [5.74, 6) is -1.42. The number of carbonyl (C=O) groups is 2. The van der Waals surface area contributed by atoms with Gasteiger partial charge in [-0.15, -0.1) is 0 Å². The van der Waals surface area contributed by atoms with Gasteiger partial charge in [-0.1, -0.05) is 0 Å². The lowest BCUT2D eigenvalue weighted by Gasteiger charge is -2.06. The quantitative estimate of drug-likeness (QED) is 0.591. The van der Waals surface area contributed by atoms with Crippen molar-refractivity contribution in [3.05, 3.63) is 22.4 Å². The lowest BCUT2D eigenvalue weighted by atomic mass is 10.2. The fourth-order valence-electron chi connectivity index (χ4n) is 1.28. The van der Waals surface area contributed by atoms with Gasteiger partial charge < -0.3 is 10.1 Å². The standard InChI is InChI=1S/C9H9NO3S/c11-8-9(12)13-7(10-8)2-1-6-3-4-14-5-6/h3-5,7H,1-2H2,(H,10,11). The van der Waals surface area contributed by atoms with Crippen LogP contribution in [0.25, 0.3) is 0 Å². The molecule has 1 atom stereocenters. The van der Waals surface area contributed by atoms with Crippen LogP contribution in [0.4, 0.5) is 0 Å². The molecule has 1 unspecified atom stereocenters. The highest BCUT2D eigenvalue weighted by atomic mass is 32.1. The van der Waals surface area contributed by atoms with Crippen LogP contribution >= 0.6 is 11.3 Å². The summed E-state index contributed by atoms with van der Waals surface area (Å²) in [7, 11) is 0. The van der Waals surface area contributed by atoms with Crippen molar-refractivity contribution in [2.45, 2.75) is 19.1 Å². The molecule has 1 fully saturated rings. The van der Waals surface area contributed by atoms with Crippen molar-refractivity contribution in [1.82, 2.24) is 5.32 Å². The Kier molecular flexibility index (Phi) is 2.49. The molecule has 1 saturated heterocycles. The second-order valence-corrected chi connectivity index (χ2v) is 3.82. The lowest BCUT2D eigenvalue weighted by molar-refractivity contribution is -0.149. The van der Waals surface area contributed by atoms with Gasteiger partial charge in [0.25, 0.3) is 0 Å². The number of thiophene rings is 1. The Morgan fingerprint density at radius 2 is 2.36 bits per heavy atom. The van der Waals surface area contributed by atoms with Gasteiger partial charge in [-0.05, 0) is 28.8 Å². The van der Waals surface area contributed by atoms with E-state index < -0.39 is 18.1 Å². The zero-order valence-electron chi connectivity index (χ0n) is 7.36. The lowest BCUT2D eigenvalue weighted by Crippen LogP contribution is -2.27. The molecule has 0 radical (unpaired) electrons. The summed E-state index contributed by atoms with van der Waals surface area (Å²) in [6, 6.07) is 2.02. The molecule has 1 aliphatic heterocycles. The van der Waals surface area contributed by atoms with Crippen LogP contribution in [-0.4, -0.2) is 18.1 Å². The van der Waals surface area contributed by atoms with E-state index in [0.717, 1.165) is 6.42 Å². The highest BCUT2D eigenvalue weighted by Gasteiger charge is 2.30. The van der Waals surface area contributed by atoms with E-state index in [2.05, 4.69) is 5.32 Å². The largest absolute Gasteiger partial charge is 0.435 e. The number of rotatable bonds is 3. The molecule has 1 amide bonds. The van der Waals surface area contributed by atoms with Crippen molar-refractivity contribution >= 4 is 23.2 Å². The first-order valence-corrected chi connectivity index (χ1v) is 5.22. The monoisotopic (exact) mass is 211 g/mol. The smallest absolute Gasteiger partial charge is 0.398 e. The molecule has 0 aliphatic carbocycles. The second-order valence-electron chi connectivity index (χ2n) is 3.04. The van der Waals surface area contributed by atoms with E-state index >= 15 is 0 Å². The van der Waals surface area contributed by atoms with Crippen molar-refractivity contribution < 1.29 is 14.3 Å². The van der Waals surface area contributed by atoms with Crippen molar-refractivity contribution in [3.63, 3.8) is 0 Å². The van der Waals surface area contributed by atoms with Gasteiger partial charge in [0, 0.05) is 6.42 Å². The number of hydrogen-bond donors (Lipinski definition) is 1. The van der Waals surface area contributed by atoms with Crippen molar-refractivity contribution in [2.75, 3.05) is 0 Å². The molecule has 1 aliphatic rings. The van der Waals surface area contributed by atoms with Gasteiger partial charge in [-0.3, -0.25) is 4.79 Å². The molecule has 74 valence electrons. The number of esters is 1. The first kappa shape index (κ1) is 9.21. The molecular formula is C9H9NO3S. The highest BCUT2D eigenvalue weighted by molar-refractivity contribution is 7.07. The molecule has 5 heteroatoms. The molecule has 2 rings (SSSR count). The van der Waals surface area contributed by atoms with Crippen LogP contribution in [0.3, 0.4) is 0 Å². The van der Waals surface area contributed by atoms with Crippen molar-refractivity contribution in [3.8, 4) is 0 Å². The Morgan fingerprint density at radius 1 is 1.50 bits per heavy atom. The molecule has 0 spiro atoms. The molecule has 1 aromatic heterocycles. The predicted octanol–water partition coefficient (Wildman–Crippen LogP) is 0.680. The maximum Gasteiger partial charge on any atom is 0.398 e. The van der Waals surface area contributed by atoms with E-state index in [0.29, 0.717) is 6.42 Å². The van der Waals surface area contributed by atoms with Crippen molar-refractivity contribution in [2.24, 2.45) is 0 Å². The molecule has 1 aromatic rings.